The highest BCUT2D eigenvalue weighted by atomic mass is 16.4. The van der Waals surface area contributed by atoms with Gasteiger partial charge >= 0.3 is 5.76 Å². The Bertz CT molecular complexity index is 788. The molecule has 0 radical (unpaired) electrons. The molecule has 1 aromatic carbocycles. The number of benzene rings is 1. The average Bonchev–Trinajstić information content (AvgIpc) is 2.92. The summed E-state index contributed by atoms with van der Waals surface area (Å²) in [7, 11) is 0. The summed E-state index contributed by atoms with van der Waals surface area (Å²) in [4.78, 5) is 20.3. The van der Waals surface area contributed by atoms with Crippen molar-refractivity contribution < 1.29 is 4.42 Å². The van der Waals surface area contributed by atoms with Crippen molar-refractivity contribution in [3.63, 3.8) is 0 Å². The molecule has 17 heavy (non-hydrogen) atoms. The molecule has 0 saturated heterocycles. The zero-order chi connectivity index (χ0) is 11.8. The zero-order valence-electron chi connectivity index (χ0n) is 8.52. The van der Waals surface area contributed by atoms with E-state index < -0.39 is 5.76 Å². The van der Waals surface area contributed by atoms with Crippen LogP contribution in [0, 0.1) is 11.3 Å². The number of hydrogen-bond donors (Lipinski definition) is 2. The molecule has 0 aliphatic rings. The molecule has 2 aromatic heterocycles. The Morgan fingerprint density at radius 2 is 2.24 bits per heavy atom. The fourth-order valence-corrected chi connectivity index (χ4v) is 1.64. The molecule has 2 heterocycles. The molecule has 0 amide bonds. The molecule has 2 N–H and O–H groups in total. The van der Waals surface area contributed by atoms with Crippen LogP contribution in [0.15, 0.2) is 33.6 Å². The molecule has 3 aromatic rings. The van der Waals surface area contributed by atoms with Crippen LogP contribution in [-0.2, 0) is 0 Å². The molecule has 3 rings (SSSR count). The molecule has 0 aliphatic carbocycles. The summed E-state index contributed by atoms with van der Waals surface area (Å²) in [6.07, 6.45) is 1.57. The van der Waals surface area contributed by atoms with Crippen molar-refractivity contribution in [2.24, 2.45) is 0 Å². The summed E-state index contributed by atoms with van der Waals surface area (Å²) in [5, 5.41) is 8.67. The fraction of sp³-hybridized carbons (Fsp3) is 0. The SMILES string of the molecule is N#Cc1ncc(-c2ccc3oc(=O)[nH]c3c2)[nH]1. The van der Waals surface area contributed by atoms with Gasteiger partial charge in [0.25, 0.3) is 0 Å². The van der Waals surface area contributed by atoms with Crippen molar-refractivity contribution in [1.29, 1.82) is 5.26 Å². The maximum atomic E-state index is 11.0. The van der Waals surface area contributed by atoms with Crippen LogP contribution >= 0.6 is 0 Å². The molecular formula is C11H6N4O2. The predicted octanol–water partition coefficient (Wildman–Crippen LogP) is 1.38. The summed E-state index contributed by atoms with van der Waals surface area (Å²) in [5.74, 6) is -0.236. The van der Waals surface area contributed by atoms with E-state index in [4.69, 9.17) is 9.68 Å². The Morgan fingerprint density at radius 3 is 3.00 bits per heavy atom. The molecule has 0 saturated carbocycles. The standard InChI is InChI=1S/C11H6N4O2/c12-4-10-13-5-8(14-10)6-1-2-9-7(3-6)15-11(16)17-9/h1-3,5H,(H,13,14)(H,15,16). The highest BCUT2D eigenvalue weighted by Crippen LogP contribution is 2.21. The van der Waals surface area contributed by atoms with Crippen molar-refractivity contribution >= 4 is 11.1 Å². The first-order chi connectivity index (χ1) is 8.26. The van der Waals surface area contributed by atoms with E-state index in [-0.39, 0.29) is 5.82 Å². The van der Waals surface area contributed by atoms with Gasteiger partial charge in [0.05, 0.1) is 17.4 Å². The van der Waals surface area contributed by atoms with Gasteiger partial charge in [-0.15, -0.1) is 0 Å². The number of aromatic nitrogens is 3. The monoisotopic (exact) mass is 226 g/mol. The molecule has 0 bridgehead atoms. The summed E-state index contributed by atoms with van der Waals surface area (Å²) in [5.41, 5.74) is 2.65. The molecule has 0 aliphatic heterocycles. The Labute approximate surface area is 94.5 Å². The lowest BCUT2D eigenvalue weighted by Gasteiger charge is -1.95. The van der Waals surface area contributed by atoms with Gasteiger partial charge in [-0.2, -0.15) is 5.26 Å². The van der Waals surface area contributed by atoms with Gasteiger partial charge in [0.2, 0.25) is 5.82 Å². The van der Waals surface area contributed by atoms with Crippen LogP contribution in [0.25, 0.3) is 22.4 Å². The molecule has 82 valence electrons. The molecule has 6 nitrogen and oxygen atoms in total. The number of rotatable bonds is 1. The minimum atomic E-state index is -0.487. The third kappa shape index (κ3) is 1.50. The highest BCUT2D eigenvalue weighted by molar-refractivity contribution is 5.78. The fourth-order valence-electron chi connectivity index (χ4n) is 1.64. The number of fused-ring (bicyclic) bond motifs is 1. The Morgan fingerprint density at radius 1 is 1.35 bits per heavy atom. The van der Waals surface area contributed by atoms with Crippen LogP contribution < -0.4 is 5.76 Å². The van der Waals surface area contributed by atoms with Gasteiger partial charge in [0, 0.05) is 5.56 Å². The molecule has 0 atom stereocenters. The second-order valence-electron chi connectivity index (χ2n) is 3.48. The van der Waals surface area contributed by atoms with Gasteiger partial charge < -0.3 is 9.40 Å². The lowest BCUT2D eigenvalue weighted by atomic mass is 10.1. The number of imidazole rings is 1. The zero-order valence-corrected chi connectivity index (χ0v) is 8.52. The summed E-state index contributed by atoms with van der Waals surface area (Å²) in [6, 6.07) is 7.15. The average molecular weight is 226 g/mol. The van der Waals surface area contributed by atoms with Crippen LogP contribution in [0.1, 0.15) is 5.82 Å². The van der Waals surface area contributed by atoms with E-state index >= 15 is 0 Å². The van der Waals surface area contributed by atoms with E-state index in [2.05, 4.69) is 15.0 Å². The van der Waals surface area contributed by atoms with Crippen molar-refractivity contribution in [3.8, 4) is 17.3 Å². The van der Waals surface area contributed by atoms with E-state index in [1.807, 2.05) is 6.07 Å². The molecule has 0 fully saturated rings. The van der Waals surface area contributed by atoms with Gasteiger partial charge in [-0.05, 0) is 18.2 Å². The highest BCUT2D eigenvalue weighted by Gasteiger charge is 2.06. The first-order valence-corrected chi connectivity index (χ1v) is 4.84. The predicted molar refractivity (Wildman–Crippen MR) is 59.1 cm³/mol. The number of aromatic amines is 2. The van der Waals surface area contributed by atoms with Gasteiger partial charge in [-0.3, -0.25) is 4.98 Å². The number of nitriles is 1. The molecular weight excluding hydrogens is 220 g/mol. The summed E-state index contributed by atoms with van der Waals surface area (Å²) >= 11 is 0. The van der Waals surface area contributed by atoms with Crippen molar-refractivity contribution in [3.05, 3.63) is 40.8 Å². The van der Waals surface area contributed by atoms with Gasteiger partial charge in [0.15, 0.2) is 5.58 Å². The second-order valence-corrected chi connectivity index (χ2v) is 3.48. The number of H-pyrrole nitrogens is 2. The molecule has 0 spiro atoms. The smallest absolute Gasteiger partial charge is 0.408 e. The van der Waals surface area contributed by atoms with Gasteiger partial charge in [-0.1, -0.05) is 0 Å². The number of oxazole rings is 1. The second kappa shape index (κ2) is 3.35. The lowest BCUT2D eigenvalue weighted by Crippen LogP contribution is -1.92. The van der Waals surface area contributed by atoms with Crippen LogP contribution in [0.4, 0.5) is 0 Å². The maximum Gasteiger partial charge on any atom is 0.417 e. The lowest BCUT2D eigenvalue weighted by molar-refractivity contribution is 0.555. The van der Waals surface area contributed by atoms with E-state index in [1.165, 1.54) is 0 Å². The summed E-state index contributed by atoms with van der Waals surface area (Å²) in [6.45, 7) is 0. The Balaban J connectivity index is 2.17. The Kier molecular flexibility index (Phi) is 1.86. The third-order valence-electron chi connectivity index (χ3n) is 2.41. The van der Waals surface area contributed by atoms with E-state index in [1.54, 1.807) is 24.4 Å². The number of hydrogen-bond acceptors (Lipinski definition) is 4. The van der Waals surface area contributed by atoms with Crippen LogP contribution in [0.2, 0.25) is 0 Å². The number of nitrogens with zero attached hydrogens (tertiary/aromatic N) is 2. The normalized spacial score (nSPS) is 10.5. The topological polar surface area (TPSA) is 98.5 Å². The van der Waals surface area contributed by atoms with Crippen molar-refractivity contribution in [2.75, 3.05) is 0 Å². The van der Waals surface area contributed by atoms with Gasteiger partial charge in [0.1, 0.15) is 6.07 Å². The minimum absolute atomic E-state index is 0.251. The molecule has 0 unspecified atom stereocenters. The Hall–Kier alpha value is -2.81. The molecule has 6 heteroatoms. The van der Waals surface area contributed by atoms with Crippen LogP contribution in [-0.4, -0.2) is 15.0 Å². The third-order valence-corrected chi connectivity index (χ3v) is 2.41. The largest absolute Gasteiger partial charge is 0.417 e. The minimum Gasteiger partial charge on any atom is -0.408 e. The van der Waals surface area contributed by atoms with E-state index in [9.17, 15) is 4.79 Å². The van der Waals surface area contributed by atoms with E-state index in [0.717, 1.165) is 5.56 Å². The van der Waals surface area contributed by atoms with Crippen LogP contribution in [0.5, 0.6) is 0 Å². The van der Waals surface area contributed by atoms with Gasteiger partial charge in [-0.25, -0.2) is 9.78 Å². The van der Waals surface area contributed by atoms with Crippen molar-refractivity contribution in [1.82, 2.24) is 15.0 Å². The quantitative estimate of drug-likeness (QED) is 0.654. The van der Waals surface area contributed by atoms with E-state index in [0.29, 0.717) is 16.8 Å². The maximum absolute atomic E-state index is 11.0. The first kappa shape index (κ1) is 9.42. The first-order valence-electron chi connectivity index (χ1n) is 4.84. The number of nitrogens with one attached hydrogen (secondary N) is 2. The van der Waals surface area contributed by atoms with Crippen LogP contribution in [0.3, 0.4) is 0 Å². The summed E-state index contributed by atoms with van der Waals surface area (Å²) < 4.78 is 4.90. The van der Waals surface area contributed by atoms with Crippen molar-refractivity contribution in [2.45, 2.75) is 0 Å².